The highest BCUT2D eigenvalue weighted by molar-refractivity contribution is 5.76. The van der Waals surface area contributed by atoms with Crippen molar-refractivity contribution in [3.05, 3.63) is 69.7 Å². The van der Waals surface area contributed by atoms with Crippen molar-refractivity contribution in [2.75, 3.05) is 7.05 Å². The number of hydrogen-bond acceptors (Lipinski definition) is 3. The lowest BCUT2D eigenvalue weighted by Crippen LogP contribution is -2.13. The van der Waals surface area contributed by atoms with Gasteiger partial charge >= 0.3 is 5.76 Å². The Balaban J connectivity index is 1.95. The zero-order valence-corrected chi connectivity index (χ0v) is 12.7. The van der Waals surface area contributed by atoms with Crippen LogP contribution in [0.15, 0.2) is 51.7 Å². The summed E-state index contributed by atoms with van der Waals surface area (Å²) < 4.78 is 6.91. The Labute approximate surface area is 128 Å². The number of rotatable bonds is 2. The Hall–Kier alpha value is -2.33. The number of benzene rings is 2. The summed E-state index contributed by atoms with van der Waals surface area (Å²) in [7, 11) is 3.73. The highest BCUT2D eigenvalue weighted by Gasteiger charge is 2.32. The lowest BCUT2D eigenvalue weighted by Gasteiger charge is -2.12. The Morgan fingerprint density at radius 1 is 1.18 bits per heavy atom. The molecule has 0 saturated carbocycles. The minimum absolute atomic E-state index is 0.287. The normalized spacial score (nSPS) is 20.5. The molecule has 0 bridgehead atoms. The third-order valence-corrected chi connectivity index (χ3v) is 4.77. The molecule has 0 amide bonds. The van der Waals surface area contributed by atoms with Crippen LogP contribution in [0.25, 0.3) is 11.1 Å². The van der Waals surface area contributed by atoms with E-state index in [9.17, 15) is 4.79 Å². The molecular formula is C18H18N2O2. The van der Waals surface area contributed by atoms with Gasteiger partial charge in [-0.2, -0.15) is 0 Å². The molecule has 0 spiro atoms. The van der Waals surface area contributed by atoms with Gasteiger partial charge in [0.1, 0.15) is 0 Å². The van der Waals surface area contributed by atoms with Crippen molar-refractivity contribution in [1.82, 2.24) is 9.88 Å². The maximum Gasteiger partial charge on any atom is 0.419 e. The molecule has 112 valence electrons. The van der Waals surface area contributed by atoms with Crippen molar-refractivity contribution in [2.45, 2.75) is 18.4 Å². The molecule has 22 heavy (non-hydrogen) atoms. The average Bonchev–Trinajstić information content (AvgIpc) is 3.04. The SMILES string of the molecule is CN[C@@H]1C[C@H](c2ccccc2)c2cc3c(cc21)oc(=O)n3C. The number of nitrogens with zero attached hydrogens (tertiary/aromatic N) is 1. The largest absolute Gasteiger partial charge is 0.419 e. The highest BCUT2D eigenvalue weighted by Crippen LogP contribution is 2.45. The quantitative estimate of drug-likeness (QED) is 0.790. The summed E-state index contributed by atoms with van der Waals surface area (Å²) in [6.45, 7) is 0. The molecule has 0 radical (unpaired) electrons. The summed E-state index contributed by atoms with van der Waals surface area (Å²) in [5, 5.41) is 3.38. The molecule has 0 saturated heterocycles. The third-order valence-electron chi connectivity index (χ3n) is 4.77. The molecule has 0 unspecified atom stereocenters. The van der Waals surface area contributed by atoms with E-state index >= 15 is 0 Å². The van der Waals surface area contributed by atoms with Gasteiger partial charge in [-0.15, -0.1) is 0 Å². The predicted molar refractivity (Wildman–Crippen MR) is 86.2 cm³/mol. The Kier molecular flexibility index (Phi) is 2.94. The van der Waals surface area contributed by atoms with Gasteiger partial charge in [-0.3, -0.25) is 4.57 Å². The van der Waals surface area contributed by atoms with E-state index in [4.69, 9.17) is 4.42 Å². The van der Waals surface area contributed by atoms with Gasteiger partial charge in [-0.1, -0.05) is 30.3 Å². The summed E-state index contributed by atoms with van der Waals surface area (Å²) in [6, 6.07) is 15.0. The van der Waals surface area contributed by atoms with Crippen LogP contribution in [0.4, 0.5) is 0 Å². The fourth-order valence-electron chi connectivity index (χ4n) is 3.57. The number of nitrogens with one attached hydrogen (secondary N) is 1. The van der Waals surface area contributed by atoms with Gasteiger partial charge in [0, 0.05) is 19.0 Å². The lowest BCUT2D eigenvalue weighted by atomic mass is 9.93. The highest BCUT2D eigenvalue weighted by atomic mass is 16.4. The zero-order valence-electron chi connectivity index (χ0n) is 12.7. The minimum Gasteiger partial charge on any atom is -0.408 e. The molecule has 2 aromatic carbocycles. The predicted octanol–water partition coefficient (Wildman–Crippen LogP) is 2.93. The molecule has 3 aromatic rings. The van der Waals surface area contributed by atoms with E-state index in [1.807, 2.05) is 19.2 Å². The van der Waals surface area contributed by atoms with Gasteiger partial charge in [0.25, 0.3) is 0 Å². The standard InChI is InChI=1S/C18H18N2O2/c1-19-15-8-12(11-6-4-3-5-7-11)13-9-16-17(10-14(13)15)22-18(21)20(16)2/h3-7,9-10,12,15,19H,8H2,1-2H3/t12-,15-/m1/s1. The molecule has 0 aliphatic heterocycles. The Morgan fingerprint density at radius 2 is 1.95 bits per heavy atom. The number of fused-ring (bicyclic) bond motifs is 2. The summed E-state index contributed by atoms with van der Waals surface area (Å²) in [4.78, 5) is 11.8. The molecule has 1 heterocycles. The maximum atomic E-state index is 11.8. The second-order valence-corrected chi connectivity index (χ2v) is 5.92. The average molecular weight is 294 g/mol. The molecule has 1 aromatic heterocycles. The first kappa shape index (κ1) is 13.3. The van der Waals surface area contributed by atoms with E-state index in [1.165, 1.54) is 16.7 Å². The smallest absolute Gasteiger partial charge is 0.408 e. The van der Waals surface area contributed by atoms with Gasteiger partial charge < -0.3 is 9.73 Å². The summed E-state index contributed by atoms with van der Waals surface area (Å²) in [5.74, 6) is 0.0407. The maximum absolute atomic E-state index is 11.8. The second-order valence-electron chi connectivity index (χ2n) is 5.92. The third kappa shape index (κ3) is 1.84. The van der Waals surface area contributed by atoms with Gasteiger partial charge in [0.2, 0.25) is 0 Å². The van der Waals surface area contributed by atoms with Gasteiger partial charge in [0.15, 0.2) is 5.58 Å². The number of oxazole rings is 1. The lowest BCUT2D eigenvalue weighted by molar-refractivity contribution is 0.526. The number of aromatic nitrogens is 1. The molecule has 1 aliphatic carbocycles. The topological polar surface area (TPSA) is 47.2 Å². The number of aryl methyl sites for hydroxylation is 1. The number of hydrogen-bond donors (Lipinski definition) is 1. The van der Waals surface area contributed by atoms with E-state index in [0.29, 0.717) is 11.5 Å². The van der Waals surface area contributed by atoms with Gasteiger partial charge in [-0.25, -0.2) is 4.79 Å². The van der Waals surface area contributed by atoms with Crippen molar-refractivity contribution >= 4 is 11.1 Å². The summed E-state index contributed by atoms with van der Waals surface area (Å²) in [5.41, 5.74) is 5.36. The van der Waals surface area contributed by atoms with Crippen LogP contribution in [-0.4, -0.2) is 11.6 Å². The molecule has 2 atom stereocenters. The fraction of sp³-hybridized carbons (Fsp3) is 0.278. The molecular weight excluding hydrogens is 276 g/mol. The second kappa shape index (κ2) is 4.85. The Bertz CT molecular complexity index is 893. The monoisotopic (exact) mass is 294 g/mol. The van der Waals surface area contributed by atoms with Crippen molar-refractivity contribution in [3.63, 3.8) is 0 Å². The van der Waals surface area contributed by atoms with Gasteiger partial charge in [0.05, 0.1) is 5.52 Å². The van der Waals surface area contributed by atoms with Crippen LogP contribution in [0.2, 0.25) is 0 Å². The first-order chi connectivity index (χ1) is 10.7. The molecule has 0 fully saturated rings. The molecule has 4 nitrogen and oxygen atoms in total. The summed E-state index contributed by atoms with van der Waals surface area (Å²) >= 11 is 0. The minimum atomic E-state index is -0.309. The molecule has 4 rings (SSSR count). The van der Waals surface area contributed by atoms with E-state index in [1.54, 1.807) is 11.6 Å². The van der Waals surface area contributed by atoms with Crippen LogP contribution in [-0.2, 0) is 7.05 Å². The molecule has 4 heteroatoms. The first-order valence-corrected chi connectivity index (χ1v) is 7.54. The zero-order chi connectivity index (χ0) is 15.3. The van der Waals surface area contributed by atoms with Crippen LogP contribution in [0.3, 0.4) is 0 Å². The summed E-state index contributed by atoms with van der Waals surface area (Å²) in [6.07, 6.45) is 1.02. The van der Waals surface area contributed by atoms with E-state index in [0.717, 1.165) is 11.9 Å². The van der Waals surface area contributed by atoms with Crippen LogP contribution in [0.1, 0.15) is 35.1 Å². The van der Waals surface area contributed by atoms with Crippen molar-refractivity contribution in [3.8, 4) is 0 Å². The Morgan fingerprint density at radius 3 is 2.68 bits per heavy atom. The van der Waals surface area contributed by atoms with Gasteiger partial charge in [-0.05, 0) is 42.3 Å². The van der Waals surface area contributed by atoms with E-state index < -0.39 is 0 Å². The fourth-order valence-corrected chi connectivity index (χ4v) is 3.57. The van der Waals surface area contributed by atoms with E-state index in [-0.39, 0.29) is 11.8 Å². The molecule has 1 N–H and O–H groups in total. The van der Waals surface area contributed by atoms with Crippen LogP contribution >= 0.6 is 0 Å². The molecule has 1 aliphatic rings. The van der Waals surface area contributed by atoms with Crippen molar-refractivity contribution in [1.29, 1.82) is 0 Å². The van der Waals surface area contributed by atoms with Crippen LogP contribution < -0.4 is 11.1 Å². The first-order valence-electron chi connectivity index (χ1n) is 7.54. The van der Waals surface area contributed by atoms with Crippen molar-refractivity contribution < 1.29 is 4.42 Å². The van der Waals surface area contributed by atoms with E-state index in [2.05, 4.69) is 35.6 Å². The van der Waals surface area contributed by atoms with Crippen LogP contribution in [0.5, 0.6) is 0 Å². The van der Waals surface area contributed by atoms with Crippen molar-refractivity contribution in [2.24, 2.45) is 7.05 Å². The van der Waals surface area contributed by atoms with Crippen LogP contribution in [0, 0.1) is 0 Å².